The van der Waals surface area contributed by atoms with Gasteiger partial charge in [-0.3, -0.25) is 10.1 Å². The van der Waals surface area contributed by atoms with Crippen LogP contribution in [0.15, 0.2) is 16.5 Å². The molecule has 5 nitrogen and oxygen atoms in total. The van der Waals surface area contributed by atoms with Crippen molar-refractivity contribution in [3.63, 3.8) is 0 Å². The quantitative estimate of drug-likeness (QED) is 0.848. The number of nitrogens with one attached hydrogen (secondary N) is 2. The highest BCUT2D eigenvalue weighted by atomic mass is 16.5. The summed E-state index contributed by atoms with van der Waals surface area (Å²) in [5, 5.41) is 6.18. The van der Waals surface area contributed by atoms with Crippen LogP contribution in [0.2, 0.25) is 0 Å². The maximum atomic E-state index is 11.8. The Morgan fingerprint density at radius 1 is 1.42 bits per heavy atom. The molecule has 19 heavy (non-hydrogen) atoms. The van der Waals surface area contributed by atoms with Crippen LogP contribution in [0.4, 0.5) is 0 Å². The van der Waals surface area contributed by atoms with Gasteiger partial charge in [-0.25, -0.2) is 0 Å². The van der Waals surface area contributed by atoms with E-state index in [1.165, 1.54) is 0 Å². The van der Waals surface area contributed by atoms with Crippen LogP contribution in [0.1, 0.15) is 37.3 Å². The Labute approximate surface area is 113 Å². The van der Waals surface area contributed by atoms with Crippen molar-refractivity contribution < 1.29 is 13.9 Å². The third-order valence-electron chi connectivity index (χ3n) is 3.34. The van der Waals surface area contributed by atoms with E-state index in [0.29, 0.717) is 6.54 Å². The van der Waals surface area contributed by atoms with E-state index in [0.717, 1.165) is 37.6 Å². The molecule has 1 aromatic heterocycles. The smallest absolute Gasteiger partial charge is 0.234 e. The van der Waals surface area contributed by atoms with Gasteiger partial charge >= 0.3 is 0 Å². The Bertz CT molecular complexity index is 411. The van der Waals surface area contributed by atoms with Crippen LogP contribution in [0.25, 0.3) is 0 Å². The molecule has 0 radical (unpaired) electrons. The lowest BCUT2D eigenvalue weighted by Crippen LogP contribution is -2.43. The van der Waals surface area contributed by atoms with Crippen molar-refractivity contribution in [2.24, 2.45) is 0 Å². The fourth-order valence-electron chi connectivity index (χ4n) is 2.15. The maximum Gasteiger partial charge on any atom is 0.234 e. The van der Waals surface area contributed by atoms with Crippen molar-refractivity contribution in [1.82, 2.24) is 10.6 Å². The van der Waals surface area contributed by atoms with E-state index in [2.05, 4.69) is 10.6 Å². The lowest BCUT2D eigenvalue weighted by molar-refractivity contribution is -0.121. The number of carbonyl (C=O) groups is 1. The average Bonchev–Trinajstić information content (AvgIpc) is 2.84. The summed E-state index contributed by atoms with van der Waals surface area (Å²) in [6.07, 6.45) is 1.80. The number of furan rings is 1. The van der Waals surface area contributed by atoms with Crippen LogP contribution in [0.5, 0.6) is 0 Å². The highest BCUT2D eigenvalue weighted by Gasteiger charge is 2.17. The van der Waals surface area contributed by atoms with E-state index in [9.17, 15) is 4.79 Å². The van der Waals surface area contributed by atoms with E-state index in [1.807, 2.05) is 26.0 Å². The zero-order valence-corrected chi connectivity index (χ0v) is 11.6. The number of rotatable bonds is 5. The second-order valence-corrected chi connectivity index (χ2v) is 5.01. The second kappa shape index (κ2) is 6.73. The lowest BCUT2D eigenvalue weighted by atomic mass is 10.1. The Morgan fingerprint density at radius 3 is 2.79 bits per heavy atom. The third-order valence-corrected chi connectivity index (χ3v) is 3.34. The summed E-state index contributed by atoms with van der Waals surface area (Å²) in [4.78, 5) is 11.8. The van der Waals surface area contributed by atoms with Gasteiger partial charge < -0.3 is 14.5 Å². The van der Waals surface area contributed by atoms with Crippen LogP contribution >= 0.6 is 0 Å². The number of hydrogen-bond acceptors (Lipinski definition) is 4. The first kappa shape index (κ1) is 14.1. The van der Waals surface area contributed by atoms with E-state index in [4.69, 9.17) is 9.15 Å². The topological polar surface area (TPSA) is 63.5 Å². The summed E-state index contributed by atoms with van der Waals surface area (Å²) in [6.45, 7) is 5.67. The van der Waals surface area contributed by atoms with Crippen LogP contribution in [0, 0.1) is 6.92 Å². The Balaban J connectivity index is 1.70. The molecule has 1 fully saturated rings. The van der Waals surface area contributed by atoms with E-state index in [1.54, 1.807) is 0 Å². The van der Waals surface area contributed by atoms with Crippen molar-refractivity contribution in [3.05, 3.63) is 23.7 Å². The van der Waals surface area contributed by atoms with Gasteiger partial charge in [-0.1, -0.05) is 0 Å². The molecular weight excluding hydrogens is 244 g/mol. The molecule has 0 saturated carbocycles. The molecule has 1 aromatic rings. The van der Waals surface area contributed by atoms with Crippen molar-refractivity contribution in [2.45, 2.75) is 38.8 Å². The minimum Gasteiger partial charge on any atom is -0.465 e. The molecule has 2 N–H and O–H groups in total. The third kappa shape index (κ3) is 4.36. The van der Waals surface area contributed by atoms with Gasteiger partial charge in [0.05, 0.1) is 12.6 Å². The van der Waals surface area contributed by atoms with Gasteiger partial charge in [0, 0.05) is 19.3 Å². The largest absolute Gasteiger partial charge is 0.465 e. The van der Waals surface area contributed by atoms with Crippen molar-refractivity contribution >= 4 is 5.91 Å². The number of carbonyl (C=O) groups excluding carboxylic acids is 1. The number of hydrogen-bond donors (Lipinski definition) is 2. The zero-order valence-electron chi connectivity index (χ0n) is 11.6. The van der Waals surface area contributed by atoms with Crippen LogP contribution < -0.4 is 10.6 Å². The fraction of sp³-hybridized carbons (Fsp3) is 0.643. The molecule has 0 spiro atoms. The summed E-state index contributed by atoms with van der Waals surface area (Å²) in [5.74, 6) is 1.77. The molecule has 1 atom stereocenters. The van der Waals surface area contributed by atoms with Crippen LogP contribution in [0.3, 0.4) is 0 Å². The molecule has 2 heterocycles. The molecule has 1 unspecified atom stereocenters. The number of amides is 1. The summed E-state index contributed by atoms with van der Waals surface area (Å²) < 4.78 is 10.8. The van der Waals surface area contributed by atoms with Crippen molar-refractivity contribution in [2.75, 3.05) is 19.8 Å². The molecule has 0 bridgehead atoms. The summed E-state index contributed by atoms with van der Waals surface area (Å²) >= 11 is 0. The van der Waals surface area contributed by atoms with Gasteiger partial charge in [0.1, 0.15) is 11.5 Å². The molecule has 5 heteroatoms. The predicted octanol–water partition coefficient (Wildman–Crippen LogP) is 1.53. The molecule has 1 saturated heterocycles. The maximum absolute atomic E-state index is 11.8. The first-order chi connectivity index (χ1) is 9.15. The highest BCUT2D eigenvalue weighted by Crippen LogP contribution is 2.15. The molecule has 0 aliphatic carbocycles. The Morgan fingerprint density at radius 2 is 2.16 bits per heavy atom. The summed E-state index contributed by atoms with van der Waals surface area (Å²) in [7, 11) is 0. The molecule has 1 aliphatic rings. The van der Waals surface area contributed by atoms with Gasteiger partial charge in [-0.15, -0.1) is 0 Å². The van der Waals surface area contributed by atoms with Gasteiger partial charge in [0.15, 0.2) is 0 Å². The van der Waals surface area contributed by atoms with Crippen LogP contribution in [-0.2, 0) is 9.53 Å². The SMILES string of the molecule is Cc1ccc(C(C)NCC(=O)NC2CCOCC2)o1. The normalized spacial score (nSPS) is 18.2. The molecule has 0 aromatic carbocycles. The van der Waals surface area contributed by atoms with E-state index < -0.39 is 0 Å². The molecule has 1 aliphatic heterocycles. The summed E-state index contributed by atoms with van der Waals surface area (Å²) in [6, 6.07) is 4.15. The molecular formula is C14H22N2O3. The number of ether oxygens (including phenoxy) is 1. The average molecular weight is 266 g/mol. The predicted molar refractivity (Wildman–Crippen MR) is 71.8 cm³/mol. The van der Waals surface area contributed by atoms with Gasteiger partial charge in [0.2, 0.25) is 5.91 Å². The first-order valence-electron chi connectivity index (χ1n) is 6.82. The minimum absolute atomic E-state index is 0.0297. The van der Waals surface area contributed by atoms with Gasteiger partial charge in [0.25, 0.3) is 0 Å². The standard InChI is InChI=1S/C14H22N2O3/c1-10-3-4-13(19-10)11(2)15-9-14(17)16-12-5-7-18-8-6-12/h3-4,11-12,15H,5-9H2,1-2H3,(H,16,17). The zero-order chi connectivity index (χ0) is 13.7. The van der Waals surface area contributed by atoms with Crippen molar-refractivity contribution in [1.29, 1.82) is 0 Å². The summed E-state index contributed by atoms with van der Waals surface area (Å²) in [5.41, 5.74) is 0. The minimum atomic E-state index is 0.0297. The highest BCUT2D eigenvalue weighted by molar-refractivity contribution is 5.78. The molecule has 106 valence electrons. The van der Waals surface area contributed by atoms with E-state index >= 15 is 0 Å². The molecule has 2 rings (SSSR count). The molecule has 1 amide bonds. The Kier molecular flexibility index (Phi) is 4.99. The monoisotopic (exact) mass is 266 g/mol. The Hall–Kier alpha value is -1.33. The van der Waals surface area contributed by atoms with Gasteiger partial charge in [-0.05, 0) is 38.8 Å². The second-order valence-electron chi connectivity index (χ2n) is 5.01. The van der Waals surface area contributed by atoms with Crippen molar-refractivity contribution in [3.8, 4) is 0 Å². The first-order valence-corrected chi connectivity index (χ1v) is 6.82. The van der Waals surface area contributed by atoms with Crippen LogP contribution in [-0.4, -0.2) is 31.7 Å². The number of aryl methyl sites for hydroxylation is 1. The van der Waals surface area contributed by atoms with Gasteiger partial charge in [-0.2, -0.15) is 0 Å². The fourth-order valence-corrected chi connectivity index (χ4v) is 2.15. The van der Waals surface area contributed by atoms with E-state index in [-0.39, 0.29) is 18.0 Å². The lowest BCUT2D eigenvalue weighted by Gasteiger charge is -2.23.